The molecule has 1 atom stereocenters. The second-order valence-corrected chi connectivity index (χ2v) is 8.27. The summed E-state index contributed by atoms with van der Waals surface area (Å²) in [6, 6.07) is 24.6. The molecule has 34 heavy (non-hydrogen) atoms. The molecule has 0 fully saturated rings. The number of amides is 1. The van der Waals surface area contributed by atoms with Gasteiger partial charge in [0, 0.05) is 23.7 Å². The van der Waals surface area contributed by atoms with Crippen molar-refractivity contribution in [2.24, 2.45) is 5.73 Å². The Kier molecular flexibility index (Phi) is 7.30. The number of hydrogen-bond donors (Lipinski definition) is 3. The molecule has 1 amide bonds. The minimum absolute atomic E-state index is 0.149. The van der Waals surface area contributed by atoms with Crippen LogP contribution in [0, 0.1) is 0 Å². The third-order valence-corrected chi connectivity index (χ3v) is 5.83. The summed E-state index contributed by atoms with van der Waals surface area (Å²) < 4.78 is 0. The quantitative estimate of drug-likeness (QED) is 0.329. The smallest absolute Gasteiger partial charge is 0.320 e. The molecule has 0 saturated carbocycles. The number of hydrogen-bond acceptors (Lipinski definition) is 4. The number of benzene rings is 3. The van der Waals surface area contributed by atoms with Crippen LogP contribution < -0.4 is 11.1 Å². The highest BCUT2D eigenvalue weighted by Crippen LogP contribution is 2.27. The second-order valence-electron chi connectivity index (χ2n) is 8.27. The molecule has 6 heteroatoms. The molecule has 4 N–H and O–H groups in total. The number of carbonyl (C=O) groups excluding carboxylic acids is 1. The summed E-state index contributed by atoms with van der Waals surface area (Å²) in [6.45, 7) is 0.556. The van der Waals surface area contributed by atoms with E-state index in [0.29, 0.717) is 12.1 Å². The fourth-order valence-corrected chi connectivity index (χ4v) is 3.98. The van der Waals surface area contributed by atoms with Gasteiger partial charge in [-0.2, -0.15) is 0 Å². The first kappa shape index (κ1) is 23.1. The first-order chi connectivity index (χ1) is 16.5. The number of nitrogens with zero attached hydrogens (tertiary/aromatic N) is 1. The van der Waals surface area contributed by atoms with Crippen molar-refractivity contribution in [1.29, 1.82) is 0 Å². The van der Waals surface area contributed by atoms with Gasteiger partial charge in [0.1, 0.15) is 6.04 Å². The van der Waals surface area contributed by atoms with Gasteiger partial charge in [0.25, 0.3) is 5.91 Å². The van der Waals surface area contributed by atoms with Crippen LogP contribution in [0.2, 0.25) is 0 Å². The third kappa shape index (κ3) is 5.66. The molecule has 172 valence electrons. The molecule has 0 radical (unpaired) electrons. The van der Waals surface area contributed by atoms with Gasteiger partial charge in [0.2, 0.25) is 0 Å². The number of nitrogens with one attached hydrogen (secondary N) is 1. The largest absolute Gasteiger partial charge is 0.480 e. The number of nitrogens with two attached hydrogens (primary N) is 1. The number of aryl methyl sites for hydroxylation is 1. The number of aromatic nitrogens is 1. The zero-order valence-corrected chi connectivity index (χ0v) is 18.8. The monoisotopic (exact) mass is 453 g/mol. The van der Waals surface area contributed by atoms with Gasteiger partial charge >= 0.3 is 5.97 Å². The normalized spacial score (nSPS) is 11.8. The lowest BCUT2D eigenvalue weighted by Gasteiger charge is -2.11. The molecule has 4 rings (SSSR count). The van der Waals surface area contributed by atoms with E-state index >= 15 is 0 Å². The van der Waals surface area contributed by atoms with E-state index in [9.17, 15) is 9.59 Å². The fourth-order valence-electron chi connectivity index (χ4n) is 3.98. The zero-order valence-electron chi connectivity index (χ0n) is 18.8. The second kappa shape index (κ2) is 10.7. The van der Waals surface area contributed by atoms with Gasteiger partial charge in [-0.25, -0.2) is 0 Å². The molecule has 3 aromatic carbocycles. The number of fused-ring (bicyclic) bond motifs is 1. The predicted molar refractivity (Wildman–Crippen MR) is 134 cm³/mol. The molecule has 0 aliphatic heterocycles. The number of aliphatic carboxylic acids is 1. The summed E-state index contributed by atoms with van der Waals surface area (Å²) in [5, 5.41) is 13.0. The third-order valence-electron chi connectivity index (χ3n) is 5.83. The Hall–Kier alpha value is -4.03. The lowest BCUT2D eigenvalue weighted by Crippen LogP contribution is -2.32. The maximum Gasteiger partial charge on any atom is 0.320 e. The highest BCUT2D eigenvalue weighted by molar-refractivity contribution is 5.94. The van der Waals surface area contributed by atoms with E-state index in [1.165, 1.54) is 11.1 Å². The Balaban J connectivity index is 1.33. The van der Waals surface area contributed by atoms with Gasteiger partial charge in [0.05, 0.1) is 5.52 Å². The minimum Gasteiger partial charge on any atom is -0.480 e. The van der Waals surface area contributed by atoms with E-state index in [2.05, 4.69) is 40.6 Å². The fraction of sp³-hybridized carbons (Fsp3) is 0.179. The lowest BCUT2D eigenvalue weighted by atomic mass is 9.95. The number of carboxylic acids is 1. The van der Waals surface area contributed by atoms with Crippen LogP contribution in [0.5, 0.6) is 0 Å². The Morgan fingerprint density at radius 3 is 2.56 bits per heavy atom. The number of carbonyl (C=O) groups is 2. The van der Waals surface area contributed by atoms with Crippen molar-refractivity contribution in [1.82, 2.24) is 10.3 Å². The summed E-state index contributed by atoms with van der Waals surface area (Å²) >= 11 is 0. The van der Waals surface area contributed by atoms with E-state index in [0.717, 1.165) is 34.9 Å². The topological polar surface area (TPSA) is 105 Å². The van der Waals surface area contributed by atoms with Crippen LogP contribution >= 0.6 is 0 Å². The molecule has 0 aliphatic carbocycles. The molecule has 0 spiro atoms. The molecule has 4 aromatic rings. The first-order valence-corrected chi connectivity index (χ1v) is 11.3. The van der Waals surface area contributed by atoms with Crippen LogP contribution in [0.15, 0.2) is 85.1 Å². The summed E-state index contributed by atoms with van der Waals surface area (Å²) in [4.78, 5) is 27.8. The van der Waals surface area contributed by atoms with E-state index in [1.54, 1.807) is 30.5 Å². The van der Waals surface area contributed by atoms with Gasteiger partial charge in [0.15, 0.2) is 0 Å². The van der Waals surface area contributed by atoms with Crippen LogP contribution in [0.4, 0.5) is 0 Å². The Labute approximate surface area is 198 Å². The Bertz CT molecular complexity index is 1300. The standard InChI is InChI=1S/C28H27N3O3/c29-25(28(33)34)17-19-9-11-21(12-10-19)27(32)31-16-3-6-20-5-1-2-8-24(20)22-13-14-26-23(18-22)7-4-15-30-26/h1-2,4-5,7-15,18,25H,3,6,16-17,29H2,(H,31,32)(H,33,34). The van der Waals surface area contributed by atoms with Gasteiger partial charge in [-0.1, -0.05) is 48.5 Å². The molecular weight excluding hydrogens is 426 g/mol. The SMILES string of the molecule is NC(Cc1ccc(C(=O)NCCCc2ccccc2-c2ccc3ncccc3c2)cc1)C(=O)O. The minimum atomic E-state index is -1.04. The van der Waals surface area contributed by atoms with Crippen molar-refractivity contribution in [3.8, 4) is 11.1 Å². The molecule has 0 aliphatic rings. The molecule has 1 unspecified atom stereocenters. The zero-order chi connectivity index (χ0) is 23.9. The number of pyridine rings is 1. The van der Waals surface area contributed by atoms with Crippen molar-refractivity contribution < 1.29 is 14.7 Å². The van der Waals surface area contributed by atoms with Gasteiger partial charge in [-0.15, -0.1) is 0 Å². The van der Waals surface area contributed by atoms with E-state index < -0.39 is 12.0 Å². The van der Waals surface area contributed by atoms with Crippen LogP contribution in [0.25, 0.3) is 22.0 Å². The van der Waals surface area contributed by atoms with Crippen molar-refractivity contribution in [2.75, 3.05) is 6.54 Å². The van der Waals surface area contributed by atoms with Crippen molar-refractivity contribution in [2.45, 2.75) is 25.3 Å². The van der Waals surface area contributed by atoms with Crippen LogP contribution in [-0.4, -0.2) is 34.6 Å². The average molecular weight is 454 g/mol. The highest BCUT2D eigenvalue weighted by atomic mass is 16.4. The number of rotatable bonds is 9. The molecule has 1 heterocycles. The van der Waals surface area contributed by atoms with Crippen LogP contribution in [0.1, 0.15) is 27.9 Å². The van der Waals surface area contributed by atoms with Crippen LogP contribution in [0.3, 0.4) is 0 Å². The van der Waals surface area contributed by atoms with Gasteiger partial charge in [-0.05, 0) is 71.8 Å². The van der Waals surface area contributed by atoms with Crippen molar-refractivity contribution >= 4 is 22.8 Å². The summed E-state index contributed by atoms with van der Waals surface area (Å²) in [5.74, 6) is -1.19. The average Bonchev–Trinajstić information content (AvgIpc) is 2.86. The van der Waals surface area contributed by atoms with Gasteiger partial charge in [-0.3, -0.25) is 14.6 Å². The van der Waals surface area contributed by atoms with E-state index in [4.69, 9.17) is 10.8 Å². The number of carboxylic acid groups (broad SMARTS) is 1. The maximum atomic E-state index is 12.5. The Morgan fingerprint density at radius 2 is 1.76 bits per heavy atom. The van der Waals surface area contributed by atoms with Crippen LogP contribution in [-0.2, 0) is 17.6 Å². The molecule has 1 aromatic heterocycles. The van der Waals surface area contributed by atoms with E-state index in [-0.39, 0.29) is 12.3 Å². The maximum absolute atomic E-state index is 12.5. The molecule has 0 bridgehead atoms. The van der Waals surface area contributed by atoms with Gasteiger partial charge < -0.3 is 16.2 Å². The Morgan fingerprint density at radius 1 is 0.971 bits per heavy atom. The van der Waals surface area contributed by atoms with Crippen molar-refractivity contribution in [3.05, 3.63) is 102 Å². The summed E-state index contributed by atoms with van der Waals surface area (Å²) in [7, 11) is 0. The van der Waals surface area contributed by atoms with Crippen molar-refractivity contribution in [3.63, 3.8) is 0 Å². The lowest BCUT2D eigenvalue weighted by molar-refractivity contribution is -0.138. The molecular formula is C28H27N3O3. The summed E-state index contributed by atoms with van der Waals surface area (Å²) in [6.07, 6.45) is 3.68. The molecule has 6 nitrogen and oxygen atoms in total. The molecule has 0 saturated heterocycles. The predicted octanol–water partition coefficient (Wildman–Crippen LogP) is 4.22. The van der Waals surface area contributed by atoms with E-state index in [1.807, 2.05) is 24.3 Å². The first-order valence-electron chi connectivity index (χ1n) is 11.3. The highest BCUT2D eigenvalue weighted by Gasteiger charge is 2.13. The summed E-state index contributed by atoms with van der Waals surface area (Å²) in [5.41, 5.74) is 11.4.